The Morgan fingerprint density at radius 3 is 2.58 bits per heavy atom. The summed E-state index contributed by atoms with van der Waals surface area (Å²) in [6.07, 6.45) is 3.12. The molecule has 0 amide bonds. The van der Waals surface area contributed by atoms with Crippen molar-refractivity contribution in [1.82, 2.24) is 0 Å². The molecule has 0 spiro atoms. The van der Waals surface area contributed by atoms with Crippen LogP contribution in [0.2, 0.25) is 0 Å². The maximum atomic E-state index is 13.7. The van der Waals surface area contributed by atoms with Gasteiger partial charge in [-0.1, -0.05) is 0 Å². The minimum absolute atomic E-state index is 0.00116. The van der Waals surface area contributed by atoms with Gasteiger partial charge in [-0.2, -0.15) is 0 Å². The summed E-state index contributed by atoms with van der Waals surface area (Å²) in [5, 5.41) is 2.28. The Kier molecular flexibility index (Phi) is 4.15. The number of nitrogens with one attached hydrogen (secondary N) is 1. The number of rotatable bonds is 3. The van der Waals surface area contributed by atoms with Crippen molar-refractivity contribution in [3.8, 4) is 0 Å². The van der Waals surface area contributed by atoms with Gasteiger partial charge in [-0.05, 0) is 41.3 Å². The first-order valence-corrected chi connectivity index (χ1v) is 8.64. The minimum atomic E-state index is -3.19. The second-order valence-corrected chi connectivity index (χ2v) is 7.91. The Labute approximate surface area is 119 Å². The number of hydrogen-bond acceptors (Lipinski definition) is 3. The van der Waals surface area contributed by atoms with Crippen molar-refractivity contribution in [3.63, 3.8) is 0 Å². The number of halogens is 3. The first kappa shape index (κ1) is 14.7. The molecule has 0 heterocycles. The second kappa shape index (κ2) is 5.36. The van der Waals surface area contributed by atoms with Gasteiger partial charge < -0.3 is 5.32 Å². The number of benzene rings is 1. The summed E-state index contributed by atoms with van der Waals surface area (Å²) in [4.78, 5) is 0. The topological polar surface area (TPSA) is 46.2 Å². The van der Waals surface area contributed by atoms with Crippen molar-refractivity contribution in [1.29, 1.82) is 0 Å². The summed E-state index contributed by atoms with van der Waals surface area (Å²) in [5.41, 5.74) is 0.00116. The van der Waals surface area contributed by atoms with Crippen molar-refractivity contribution in [2.75, 3.05) is 11.6 Å². The summed E-state index contributed by atoms with van der Waals surface area (Å²) in [6, 6.07) is 1.70. The van der Waals surface area contributed by atoms with Gasteiger partial charge in [0.2, 0.25) is 0 Å². The molecule has 1 N–H and O–H groups in total. The maximum Gasteiger partial charge on any atom is 0.152 e. The molecule has 2 atom stereocenters. The van der Waals surface area contributed by atoms with Gasteiger partial charge in [-0.25, -0.2) is 17.2 Å². The maximum absolute atomic E-state index is 13.7. The summed E-state index contributed by atoms with van der Waals surface area (Å²) in [6.45, 7) is 0. The molecule has 1 saturated carbocycles. The lowest BCUT2D eigenvalue weighted by Crippen LogP contribution is -2.34. The van der Waals surface area contributed by atoms with E-state index < -0.39 is 26.7 Å². The van der Waals surface area contributed by atoms with Crippen molar-refractivity contribution in [2.45, 2.75) is 30.6 Å². The third-order valence-electron chi connectivity index (χ3n) is 3.35. The zero-order valence-electron chi connectivity index (χ0n) is 10.3. The van der Waals surface area contributed by atoms with E-state index in [1.54, 1.807) is 0 Å². The van der Waals surface area contributed by atoms with Crippen LogP contribution in [0, 0.1) is 11.6 Å². The van der Waals surface area contributed by atoms with Crippen molar-refractivity contribution in [3.05, 3.63) is 28.2 Å². The second-order valence-electron chi connectivity index (χ2n) is 4.80. The summed E-state index contributed by atoms with van der Waals surface area (Å²) in [7, 11) is -3.19. The van der Waals surface area contributed by atoms with E-state index in [0.717, 1.165) is 18.6 Å². The molecular formula is C12H14BrF2NO2S. The lowest BCUT2D eigenvalue weighted by molar-refractivity contribution is 0.575. The van der Waals surface area contributed by atoms with Crippen LogP contribution >= 0.6 is 15.9 Å². The van der Waals surface area contributed by atoms with Crippen LogP contribution in [0.15, 0.2) is 16.6 Å². The van der Waals surface area contributed by atoms with Gasteiger partial charge in [-0.3, -0.25) is 0 Å². The zero-order chi connectivity index (χ0) is 14.2. The highest BCUT2D eigenvalue weighted by Gasteiger charge is 2.35. The minimum Gasteiger partial charge on any atom is -0.379 e. The lowest BCUT2D eigenvalue weighted by Gasteiger charge is -2.21. The first-order valence-electron chi connectivity index (χ1n) is 5.89. The van der Waals surface area contributed by atoms with Crippen molar-refractivity contribution in [2.24, 2.45) is 0 Å². The van der Waals surface area contributed by atoms with E-state index in [0.29, 0.717) is 12.8 Å². The van der Waals surface area contributed by atoms with Gasteiger partial charge in [0, 0.05) is 18.4 Å². The highest BCUT2D eigenvalue weighted by molar-refractivity contribution is 9.10. The van der Waals surface area contributed by atoms with Crippen LogP contribution < -0.4 is 5.32 Å². The van der Waals surface area contributed by atoms with Gasteiger partial charge in [0.15, 0.2) is 9.84 Å². The van der Waals surface area contributed by atoms with Crippen molar-refractivity contribution >= 4 is 31.5 Å². The molecule has 1 aromatic rings. The van der Waals surface area contributed by atoms with E-state index in [9.17, 15) is 17.2 Å². The molecule has 1 fully saturated rings. The molecule has 0 aromatic heterocycles. The van der Waals surface area contributed by atoms with Crippen LogP contribution in [0.3, 0.4) is 0 Å². The molecule has 2 unspecified atom stereocenters. The standard InChI is InChI=1S/C12H14BrF2NO2S/c1-19(17,18)12-4-2-3-10(12)16-11-6-8(14)7(13)5-9(11)15/h5-6,10,12,16H,2-4H2,1H3. The normalized spacial score (nSPS) is 23.6. The van der Waals surface area contributed by atoms with Gasteiger partial charge in [-0.15, -0.1) is 0 Å². The van der Waals surface area contributed by atoms with E-state index in [2.05, 4.69) is 21.2 Å². The summed E-state index contributed by atoms with van der Waals surface area (Å²) in [5.74, 6) is -1.19. The smallest absolute Gasteiger partial charge is 0.152 e. The fourth-order valence-corrected chi connectivity index (χ4v) is 4.15. The quantitative estimate of drug-likeness (QED) is 0.849. The van der Waals surface area contributed by atoms with Gasteiger partial charge in [0.25, 0.3) is 0 Å². The fourth-order valence-electron chi connectivity index (χ4n) is 2.44. The van der Waals surface area contributed by atoms with Crippen LogP contribution in [-0.2, 0) is 9.84 Å². The Hall–Kier alpha value is -0.690. The van der Waals surface area contributed by atoms with E-state index in [1.165, 1.54) is 6.26 Å². The van der Waals surface area contributed by atoms with E-state index in [-0.39, 0.29) is 16.2 Å². The molecule has 19 heavy (non-hydrogen) atoms. The molecule has 0 saturated heterocycles. The third kappa shape index (κ3) is 3.25. The van der Waals surface area contributed by atoms with Crippen LogP contribution in [0.1, 0.15) is 19.3 Å². The van der Waals surface area contributed by atoms with Crippen LogP contribution in [0.25, 0.3) is 0 Å². The van der Waals surface area contributed by atoms with Gasteiger partial charge >= 0.3 is 0 Å². The molecule has 2 rings (SSSR count). The SMILES string of the molecule is CS(=O)(=O)C1CCCC1Nc1cc(F)c(Br)cc1F. The average Bonchev–Trinajstić information content (AvgIpc) is 2.73. The zero-order valence-corrected chi connectivity index (χ0v) is 12.7. The molecular weight excluding hydrogens is 340 g/mol. The van der Waals surface area contributed by atoms with Crippen molar-refractivity contribution < 1.29 is 17.2 Å². The Balaban J connectivity index is 2.24. The van der Waals surface area contributed by atoms with Crippen LogP contribution in [-0.4, -0.2) is 26.0 Å². The Morgan fingerprint density at radius 1 is 1.26 bits per heavy atom. The Morgan fingerprint density at radius 2 is 1.95 bits per heavy atom. The van der Waals surface area contributed by atoms with E-state index in [4.69, 9.17) is 0 Å². The molecule has 0 aliphatic heterocycles. The van der Waals surface area contributed by atoms with E-state index >= 15 is 0 Å². The largest absolute Gasteiger partial charge is 0.379 e. The first-order chi connectivity index (χ1) is 8.79. The van der Waals surface area contributed by atoms with E-state index in [1.807, 2.05) is 0 Å². The third-order valence-corrected chi connectivity index (χ3v) is 5.63. The Bertz CT molecular complexity index is 592. The molecule has 7 heteroatoms. The molecule has 1 aliphatic rings. The van der Waals surface area contributed by atoms with Gasteiger partial charge in [0.1, 0.15) is 11.6 Å². The molecule has 106 valence electrons. The summed E-state index contributed by atoms with van der Waals surface area (Å²) < 4.78 is 50.4. The summed E-state index contributed by atoms with van der Waals surface area (Å²) >= 11 is 2.90. The van der Waals surface area contributed by atoms with Crippen LogP contribution in [0.4, 0.5) is 14.5 Å². The lowest BCUT2D eigenvalue weighted by atomic mass is 10.2. The predicted octanol–water partition coefficient (Wildman–Crippen LogP) is 3.10. The molecule has 0 radical (unpaired) electrons. The molecule has 1 aliphatic carbocycles. The molecule has 3 nitrogen and oxygen atoms in total. The number of anilines is 1. The highest BCUT2D eigenvalue weighted by atomic mass is 79.9. The van der Waals surface area contributed by atoms with Gasteiger partial charge in [0.05, 0.1) is 15.4 Å². The highest BCUT2D eigenvalue weighted by Crippen LogP contribution is 2.30. The monoisotopic (exact) mass is 353 g/mol. The van der Waals surface area contributed by atoms with Crippen LogP contribution in [0.5, 0.6) is 0 Å². The predicted molar refractivity (Wildman–Crippen MR) is 74.0 cm³/mol. The molecule has 1 aromatic carbocycles. The number of sulfone groups is 1. The average molecular weight is 354 g/mol. The molecule has 0 bridgehead atoms. The number of hydrogen-bond donors (Lipinski definition) is 1. The fraction of sp³-hybridized carbons (Fsp3) is 0.500.